The molecule has 0 aliphatic rings. The Hall–Kier alpha value is -1.60. The van der Waals surface area contributed by atoms with Gasteiger partial charge in [-0.1, -0.05) is 6.92 Å². The summed E-state index contributed by atoms with van der Waals surface area (Å²) >= 11 is 0. The minimum atomic E-state index is -0.491. The van der Waals surface area contributed by atoms with Gasteiger partial charge >= 0.3 is 0 Å². The van der Waals surface area contributed by atoms with E-state index in [9.17, 15) is 9.65 Å². The standard InChI is InChI=1S/C17H25FN2O/c1-5-17(12-19,20-13(2)3)9-6-10-21-16-8-7-15(18)11-14(16)4/h7-8,11,13,20H,5-6,9-10H2,1-4H3. The lowest BCUT2D eigenvalue weighted by atomic mass is 9.91. The van der Waals surface area contributed by atoms with Crippen LogP contribution in [0.5, 0.6) is 5.75 Å². The Labute approximate surface area is 127 Å². The van der Waals surface area contributed by atoms with E-state index >= 15 is 0 Å². The molecular weight excluding hydrogens is 267 g/mol. The number of hydrogen-bond acceptors (Lipinski definition) is 3. The molecule has 1 aromatic carbocycles. The molecule has 1 rings (SSSR count). The molecule has 1 atom stereocenters. The molecule has 0 fully saturated rings. The monoisotopic (exact) mass is 292 g/mol. The van der Waals surface area contributed by atoms with Crippen LogP contribution >= 0.6 is 0 Å². The van der Waals surface area contributed by atoms with Crippen molar-refractivity contribution < 1.29 is 9.13 Å². The molecule has 0 saturated heterocycles. The number of nitrogens with zero attached hydrogens (tertiary/aromatic N) is 1. The van der Waals surface area contributed by atoms with Crippen molar-refractivity contribution >= 4 is 0 Å². The van der Waals surface area contributed by atoms with E-state index in [1.165, 1.54) is 12.1 Å². The van der Waals surface area contributed by atoms with Crippen LogP contribution in [-0.4, -0.2) is 18.2 Å². The average molecular weight is 292 g/mol. The summed E-state index contributed by atoms with van der Waals surface area (Å²) in [6.07, 6.45) is 2.27. The summed E-state index contributed by atoms with van der Waals surface area (Å²) in [4.78, 5) is 0. The Morgan fingerprint density at radius 1 is 1.43 bits per heavy atom. The van der Waals surface area contributed by atoms with Gasteiger partial charge in [-0.2, -0.15) is 5.26 Å². The first kappa shape index (κ1) is 17.5. The van der Waals surface area contributed by atoms with Gasteiger partial charge < -0.3 is 4.74 Å². The molecule has 1 aromatic rings. The molecule has 0 aliphatic heterocycles. The van der Waals surface area contributed by atoms with E-state index < -0.39 is 5.54 Å². The maximum Gasteiger partial charge on any atom is 0.123 e. The van der Waals surface area contributed by atoms with Crippen LogP contribution in [0.4, 0.5) is 4.39 Å². The van der Waals surface area contributed by atoms with E-state index in [-0.39, 0.29) is 11.9 Å². The first-order valence-electron chi connectivity index (χ1n) is 7.50. The summed E-state index contributed by atoms with van der Waals surface area (Å²) in [7, 11) is 0. The van der Waals surface area contributed by atoms with Crippen molar-refractivity contribution in [3.8, 4) is 11.8 Å². The Morgan fingerprint density at radius 3 is 2.67 bits per heavy atom. The third-order valence-corrected chi connectivity index (χ3v) is 3.52. The minimum Gasteiger partial charge on any atom is -0.493 e. The second kappa shape index (κ2) is 7.99. The van der Waals surface area contributed by atoms with Crippen molar-refractivity contribution in [3.63, 3.8) is 0 Å². The van der Waals surface area contributed by atoms with Crippen LogP contribution in [0.3, 0.4) is 0 Å². The number of nitrogens with one attached hydrogen (secondary N) is 1. The number of hydrogen-bond donors (Lipinski definition) is 1. The largest absolute Gasteiger partial charge is 0.493 e. The van der Waals surface area contributed by atoms with Gasteiger partial charge in [0.1, 0.15) is 17.1 Å². The molecule has 0 bridgehead atoms. The normalized spacial score (nSPS) is 13.8. The zero-order chi connectivity index (χ0) is 15.9. The highest BCUT2D eigenvalue weighted by molar-refractivity contribution is 5.32. The highest BCUT2D eigenvalue weighted by Gasteiger charge is 2.27. The van der Waals surface area contributed by atoms with Crippen LogP contribution in [0, 0.1) is 24.1 Å². The Morgan fingerprint density at radius 2 is 2.14 bits per heavy atom. The van der Waals surface area contributed by atoms with Crippen LogP contribution in [0.1, 0.15) is 45.6 Å². The molecule has 21 heavy (non-hydrogen) atoms. The summed E-state index contributed by atoms with van der Waals surface area (Å²) in [6, 6.07) is 7.17. The third kappa shape index (κ3) is 5.35. The zero-order valence-electron chi connectivity index (χ0n) is 13.4. The summed E-state index contributed by atoms with van der Waals surface area (Å²) < 4.78 is 18.7. The fourth-order valence-electron chi connectivity index (χ4n) is 2.40. The van der Waals surface area contributed by atoms with Gasteiger partial charge in [0.15, 0.2) is 0 Å². The smallest absolute Gasteiger partial charge is 0.123 e. The average Bonchev–Trinajstić information content (AvgIpc) is 2.43. The summed E-state index contributed by atoms with van der Waals surface area (Å²) in [5, 5.41) is 12.8. The van der Waals surface area contributed by atoms with Crippen LogP contribution < -0.4 is 10.1 Å². The van der Waals surface area contributed by atoms with E-state index in [0.717, 1.165) is 24.8 Å². The van der Waals surface area contributed by atoms with E-state index in [2.05, 4.69) is 11.4 Å². The Bertz CT molecular complexity index is 496. The topological polar surface area (TPSA) is 45.0 Å². The van der Waals surface area contributed by atoms with Crippen LogP contribution in [0.25, 0.3) is 0 Å². The summed E-state index contributed by atoms with van der Waals surface area (Å²) in [5.41, 5.74) is 0.298. The van der Waals surface area contributed by atoms with Gasteiger partial charge in [-0.15, -0.1) is 0 Å². The maximum atomic E-state index is 13.0. The summed E-state index contributed by atoms with van der Waals surface area (Å²) in [5.74, 6) is 0.447. The van der Waals surface area contributed by atoms with Gasteiger partial charge in [-0.3, -0.25) is 5.32 Å². The molecule has 0 spiro atoms. The fraction of sp³-hybridized carbons (Fsp3) is 0.588. The van der Waals surface area contributed by atoms with Crippen molar-refractivity contribution in [2.24, 2.45) is 0 Å². The molecule has 0 amide bonds. The molecule has 0 aliphatic carbocycles. The predicted molar refractivity (Wildman–Crippen MR) is 82.8 cm³/mol. The van der Waals surface area contributed by atoms with Crippen LogP contribution in [0.15, 0.2) is 18.2 Å². The Kier molecular flexibility index (Phi) is 6.64. The lowest BCUT2D eigenvalue weighted by Gasteiger charge is -2.29. The van der Waals surface area contributed by atoms with Crippen molar-refractivity contribution in [3.05, 3.63) is 29.6 Å². The summed E-state index contributed by atoms with van der Waals surface area (Å²) in [6.45, 7) is 8.45. The number of aryl methyl sites for hydroxylation is 1. The number of ether oxygens (including phenoxy) is 1. The lowest BCUT2D eigenvalue weighted by molar-refractivity contribution is 0.267. The highest BCUT2D eigenvalue weighted by Crippen LogP contribution is 2.21. The minimum absolute atomic E-state index is 0.254. The van der Waals surface area contributed by atoms with Gasteiger partial charge in [-0.25, -0.2) is 4.39 Å². The second-order valence-electron chi connectivity index (χ2n) is 5.71. The number of nitriles is 1. The fourth-order valence-corrected chi connectivity index (χ4v) is 2.40. The molecule has 116 valence electrons. The van der Waals surface area contributed by atoms with Gasteiger partial charge in [0, 0.05) is 6.04 Å². The van der Waals surface area contributed by atoms with Gasteiger partial charge in [0.05, 0.1) is 12.7 Å². The molecule has 1 N–H and O–H groups in total. The van der Waals surface area contributed by atoms with E-state index in [1.54, 1.807) is 6.07 Å². The number of benzene rings is 1. The second-order valence-corrected chi connectivity index (χ2v) is 5.71. The third-order valence-electron chi connectivity index (χ3n) is 3.52. The lowest BCUT2D eigenvalue weighted by Crippen LogP contribution is -2.47. The van der Waals surface area contributed by atoms with Gasteiger partial charge in [0.2, 0.25) is 0 Å². The van der Waals surface area contributed by atoms with Crippen molar-refractivity contribution in [2.45, 2.75) is 58.5 Å². The van der Waals surface area contributed by atoms with Gasteiger partial charge in [0.25, 0.3) is 0 Å². The molecule has 3 nitrogen and oxygen atoms in total. The molecule has 0 aromatic heterocycles. The molecule has 4 heteroatoms. The Balaban J connectivity index is 2.50. The molecule has 0 radical (unpaired) electrons. The number of rotatable bonds is 8. The van der Waals surface area contributed by atoms with Crippen molar-refractivity contribution in [1.29, 1.82) is 5.26 Å². The maximum absolute atomic E-state index is 13.0. The molecular formula is C17H25FN2O. The first-order chi connectivity index (χ1) is 9.92. The van der Waals surface area contributed by atoms with Gasteiger partial charge in [-0.05, 0) is 63.8 Å². The molecule has 0 saturated carbocycles. The predicted octanol–water partition coefficient (Wildman–Crippen LogP) is 3.96. The van der Waals surface area contributed by atoms with E-state index in [4.69, 9.17) is 4.74 Å². The first-order valence-corrected chi connectivity index (χ1v) is 7.50. The quantitative estimate of drug-likeness (QED) is 0.738. The van der Waals surface area contributed by atoms with Crippen LogP contribution in [0.2, 0.25) is 0 Å². The van der Waals surface area contributed by atoms with E-state index in [0.29, 0.717) is 12.4 Å². The SMILES string of the molecule is CCC(C#N)(CCCOc1ccc(F)cc1C)NC(C)C. The number of halogens is 1. The van der Waals surface area contributed by atoms with Crippen molar-refractivity contribution in [2.75, 3.05) is 6.61 Å². The van der Waals surface area contributed by atoms with E-state index in [1.807, 2.05) is 27.7 Å². The molecule has 0 heterocycles. The highest BCUT2D eigenvalue weighted by atomic mass is 19.1. The van der Waals surface area contributed by atoms with Crippen LogP contribution in [-0.2, 0) is 0 Å². The molecule has 1 unspecified atom stereocenters. The zero-order valence-corrected chi connectivity index (χ0v) is 13.4. The van der Waals surface area contributed by atoms with Crippen molar-refractivity contribution in [1.82, 2.24) is 5.32 Å².